The van der Waals surface area contributed by atoms with E-state index in [9.17, 15) is 9.59 Å². The summed E-state index contributed by atoms with van der Waals surface area (Å²) in [5.74, 6) is -4.05. The Morgan fingerprint density at radius 1 is 1.41 bits per heavy atom. The Kier molecular flexibility index (Phi) is 4.11. The van der Waals surface area contributed by atoms with Crippen LogP contribution >= 0.6 is 0 Å². The van der Waals surface area contributed by atoms with Gasteiger partial charge in [-0.25, -0.2) is 0 Å². The number of carboxylic acids is 2. The van der Waals surface area contributed by atoms with E-state index in [4.69, 9.17) is 14.9 Å². The Hall–Kier alpha value is -1.14. The maximum absolute atomic E-state index is 11.0. The maximum Gasteiger partial charge on any atom is 0.319 e. The molecule has 0 amide bonds. The van der Waals surface area contributed by atoms with Crippen molar-refractivity contribution in [2.24, 2.45) is 5.92 Å². The zero-order valence-electron chi connectivity index (χ0n) is 10.3. The maximum atomic E-state index is 11.0. The summed E-state index contributed by atoms with van der Waals surface area (Å²) in [5.41, 5.74) is -0.567. The van der Waals surface area contributed by atoms with E-state index in [0.717, 1.165) is 0 Å². The van der Waals surface area contributed by atoms with Crippen molar-refractivity contribution in [3.8, 4) is 0 Å². The number of rotatable bonds is 5. The highest BCUT2D eigenvalue weighted by atomic mass is 16.5. The van der Waals surface area contributed by atoms with Gasteiger partial charge in [0.15, 0.2) is 5.92 Å². The molecule has 0 aromatic rings. The number of carbonyl (C=O) groups is 2. The third-order valence-corrected chi connectivity index (χ3v) is 3.51. The van der Waals surface area contributed by atoms with Crippen LogP contribution < -0.4 is 0 Å². The lowest BCUT2D eigenvalue weighted by molar-refractivity contribution is -0.161. The van der Waals surface area contributed by atoms with Gasteiger partial charge in [0.05, 0.1) is 6.61 Å². The number of hydrogen-bond donors (Lipinski definition) is 2. The molecule has 2 N–H and O–H groups in total. The van der Waals surface area contributed by atoms with Crippen LogP contribution in [-0.4, -0.2) is 52.0 Å². The van der Waals surface area contributed by atoms with E-state index in [-0.39, 0.29) is 0 Å². The molecule has 0 aliphatic carbocycles. The van der Waals surface area contributed by atoms with Crippen LogP contribution in [0.4, 0.5) is 0 Å². The first-order valence-electron chi connectivity index (χ1n) is 5.69. The number of ether oxygens (including phenoxy) is 1. The molecule has 98 valence electrons. The number of hydrogen-bond acceptors (Lipinski definition) is 4. The van der Waals surface area contributed by atoms with Crippen molar-refractivity contribution in [2.45, 2.75) is 39.0 Å². The van der Waals surface area contributed by atoms with E-state index < -0.39 is 29.6 Å². The number of nitrogens with zero attached hydrogens (tertiary/aromatic N) is 1. The quantitative estimate of drug-likeness (QED) is 0.690. The largest absolute Gasteiger partial charge is 0.481 e. The summed E-state index contributed by atoms with van der Waals surface area (Å²) in [5, 5.41) is 17.9. The first-order chi connectivity index (χ1) is 7.83. The van der Waals surface area contributed by atoms with Crippen LogP contribution in [0.25, 0.3) is 0 Å². The summed E-state index contributed by atoms with van der Waals surface area (Å²) in [6, 6.07) is -0.600. The van der Waals surface area contributed by atoms with Gasteiger partial charge in [0, 0.05) is 12.6 Å². The molecule has 1 rings (SSSR count). The Labute approximate surface area is 100 Å². The summed E-state index contributed by atoms with van der Waals surface area (Å²) in [6.07, 6.45) is 0.684. The van der Waals surface area contributed by atoms with Crippen molar-refractivity contribution in [1.29, 1.82) is 0 Å². The highest BCUT2D eigenvalue weighted by Crippen LogP contribution is 2.30. The van der Waals surface area contributed by atoms with Crippen molar-refractivity contribution in [3.63, 3.8) is 0 Å². The smallest absolute Gasteiger partial charge is 0.319 e. The second-order valence-electron chi connectivity index (χ2n) is 4.47. The van der Waals surface area contributed by atoms with Crippen LogP contribution in [0.2, 0.25) is 0 Å². The standard InChI is InChI=1S/C11H19NO5/c1-4-11(3)12(5-6-17-11)7(2)8(9(13)14)10(15)16/h7-8H,4-6H2,1-3H3,(H,13,14)(H,15,16). The van der Waals surface area contributed by atoms with Gasteiger partial charge in [-0.15, -0.1) is 0 Å². The molecular formula is C11H19NO5. The molecule has 2 unspecified atom stereocenters. The van der Waals surface area contributed by atoms with E-state index in [1.54, 1.807) is 6.92 Å². The van der Waals surface area contributed by atoms with Gasteiger partial charge in [0.2, 0.25) is 0 Å². The van der Waals surface area contributed by atoms with Crippen molar-refractivity contribution < 1.29 is 24.5 Å². The van der Waals surface area contributed by atoms with Gasteiger partial charge in [0.1, 0.15) is 5.72 Å². The molecule has 0 aromatic carbocycles. The lowest BCUT2D eigenvalue weighted by Crippen LogP contribution is -2.52. The molecule has 0 spiro atoms. The molecule has 6 nitrogen and oxygen atoms in total. The van der Waals surface area contributed by atoms with Gasteiger partial charge < -0.3 is 14.9 Å². The highest BCUT2D eigenvalue weighted by Gasteiger charge is 2.45. The second-order valence-corrected chi connectivity index (χ2v) is 4.47. The third kappa shape index (κ3) is 2.58. The molecule has 0 bridgehead atoms. The van der Waals surface area contributed by atoms with Gasteiger partial charge in [-0.3, -0.25) is 14.5 Å². The fourth-order valence-corrected chi connectivity index (χ4v) is 2.32. The van der Waals surface area contributed by atoms with Crippen molar-refractivity contribution >= 4 is 11.9 Å². The Morgan fingerprint density at radius 3 is 2.35 bits per heavy atom. The molecule has 0 aromatic heterocycles. The van der Waals surface area contributed by atoms with Crippen LogP contribution in [0.3, 0.4) is 0 Å². The SMILES string of the molecule is CCC1(C)OCCN1C(C)C(C(=O)O)C(=O)O. The number of aliphatic carboxylic acids is 2. The zero-order valence-corrected chi connectivity index (χ0v) is 10.3. The summed E-state index contributed by atoms with van der Waals surface area (Å²) in [6.45, 7) is 6.47. The van der Waals surface area contributed by atoms with Crippen molar-refractivity contribution in [3.05, 3.63) is 0 Å². The van der Waals surface area contributed by atoms with Gasteiger partial charge >= 0.3 is 11.9 Å². The summed E-state index contributed by atoms with van der Waals surface area (Å²) in [7, 11) is 0. The Morgan fingerprint density at radius 2 is 1.94 bits per heavy atom. The predicted octanol–water partition coefficient (Wildman–Crippen LogP) is 0.619. The minimum absolute atomic E-state index is 0.501. The first-order valence-corrected chi connectivity index (χ1v) is 5.69. The average molecular weight is 245 g/mol. The van der Waals surface area contributed by atoms with Crippen LogP contribution in [-0.2, 0) is 14.3 Å². The van der Waals surface area contributed by atoms with Crippen LogP contribution in [0.5, 0.6) is 0 Å². The topological polar surface area (TPSA) is 87.1 Å². The molecule has 0 radical (unpaired) electrons. The van der Waals surface area contributed by atoms with Crippen LogP contribution in [0.15, 0.2) is 0 Å². The fraction of sp³-hybridized carbons (Fsp3) is 0.818. The molecule has 1 fully saturated rings. The molecule has 1 aliphatic heterocycles. The molecular weight excluding hydrogens is 226 g/mol. The normalized spacial score (nSPS) is 27.3. The van der Waals surface area contributed by atoms with Gasteiger partial charge in [-0.1, -0.05) is 6.92 Å². The van der Waals surface area contributed by atoms with E-state index in [1.165, 1.54) is 0 Å². The van der Waals surface area contributed by atoms with Gasteiger partial charge in [-0.2, -0.15) is 0 Å². The fourth-order valence-electron chi connectivity index (χ4n) is 2.32. The predicted molar refractivity (Wildman–Crippen MR) is 59.6 cm³/mol. The van der Waals surface area contributed by atoms with Crippen molar-refractivity contribution in [1.82, 2.24) is 4.90 Å². The first kappa shape index (κ1) is 13.9. The molecule has 1 heterocycles. The average Bonchev–Trinajstić information content (AvgIpc) is 2.60. The number of carboxylic acid groups (broad SMARTS) is 2. The van der Waals surface area contributed by atoms with E-state index >= 15 is 0 Å². The van der Waals surface area contributed by atoms with E-state index in [1.807, 2.05) is 18.7 Å². The van der Waals surface area contributed by atoms with Crippen molar-refractivity contribution in [2.75, 3.05) is 13.2 Å². The summed E-state index contributed by atoms with van der Waals surface area (Å²) in [4.78, 5) is 23.8. The zero-order chi connectivity index (χ0) is 13.2. The molecule has 1 aliphatic rings. The highest BCUT2D eigenvalue weighted by molar-refractivity contribution is 5.93. The molecule has 1 saturated heterocycles. The van der Waals surface area contributed by atoms with Crippen LogP contribution in [0.1, 0.15) is 27.2 Å². The molecule has 2 atom stereocenters. The van der Waals surface area contributed by atoms with Crippen LogP contribution in [0, 0.1) is 5.92 Å². The minimum atomic E-state index is -1.43. The minimum Gasteiger partial charge on any atom is -0.481 e. The molecule has 6 heteroatoms. The molecule has 17 heavy (non-hydrogen) atoms. The van der Waals surface area contributed by atoms with E-state index in [2.05, 4.69) is 0 Å². The summed E-state index contributed by atoms with van der Waals surface area (Å²) >= 11 is 0. The van der Waals surface area contributed by atoms with Gasteiger partial charge in [0.25, 0.3) is 0 Å². The van der Waals surface area contributed by atoms with E-state index in [0.29, 0.717) is 19.6 Å². The Bertz CT molecular complexity index is 305. The lowest BCUT2D eigenvalue weighted by Gasteiger charge is -2.38. The Balaban J connectivity index is 2.91. The monoisotopic (exact) mass is 245 g/mol. The van der Waals surface area contributed by atoms with Gasteiger partial charge in [-0.05, 0) is 20.3 Å². The third-order valence-electron chi connectivity index (χ3n) is 3.51. The molecule has 0 saturated carbocycles. The second kappa shape index (κ2) is 5.01. The summed E-state index contributed by atoms with van der Waals surface area (Å²) < 4.78 is 5.57. The lowest BCUT2D eigenvalue weighted by atomic mass is 9.97.